The lowest BCUT2D eigenvalue weighted by molar-refractivity contribution is -0.0900. The van der Waals surface area contributed by atoms with E-state index in [0.717, 1.165) is 61.6 Å². The van der Waals surface area contributed by atoms with Crippen molar-refractivity contribution in [2.75, 3.05) is 49.2 Å². The number of pyridine rings is 1. The summed E-state index contributed by atoms with van der Waals surface area (Å²) in [6.07, 6.45) is 7.90. The van der Waals surface area contributed by atoms with Crippen LogP contribution in [0.3, 0.4) is 0 Å². The van der Waals surface area contributed by atoms with Gasteiger partial charge >= 0.3 is 0 Å². The number of anilines is 3. The first-order chi connectivity index (χ1) is 15.5. The summed E-state index contributed by atoms with van der Waals surface area (Å²) in [5, 5.41) is 6.86. The summed E-state index contributed by atoms with van der Waals surface area (Å²) in [5.74, 6) is -1.07. The van der Waals surface area contributed by atoms with Gasteiger partial charge in [-0.2, -0.15) is 0 Å². The van der Waals surface area contributed by atoms with Gasteiger partial charge < -0.3 is 25.6 Å². The molecular formula is C21H25FN8O2. The first-order valence-electron chi connectivity index (χ1n) is 10.6. The molecule has 0 saturated carbocycles. The first kappa shape index (κ1) is 20.6. The van der Waals surface area contributed by atoms with E-state index >= 15 is 0 Å². The molecule has 2 aliphatic heterocycles. The zero-order chi connectivity index (χ0) is 22.2. The number of rotatable bonds is 5. The third-order valence-electron chi connectivity index (χ3n) is 5.94. The second-order valence-electron chi connectivity index (χ2n) is 8.31. The van der Waals surface area contributed by atoms with Crippen LogP contribution in [0.1, 0.15) is 23.2 Å². The van der Waals surface area contributed by atoms with E-state index < -0.39 is 11.7 Å². The summed E-state index contributed by atoms with van der Waals surface area (Å²) >= 11 is 0. The Morgan fingerprint density at radius 1 is 1.25 bits per heavy atom. The predicted molar refractivity (Wildman–Crippen MR) is 117 cm³/mol. The second-order valence-corrected chi connectivity index (χ2v) is 8.31. The quantitative estimate of drug-likeness (QED) is 0.612. The average molecular weight is 440 g/mol. The van der Waals surface area contributed by atoms with Gasteiger partial charge in [-0.25, -0.2) is 13.9 Å². The number of aromatic nitrogens is 4. The third-order valence-corrected chi connectivity index (χ3v) is 5.94. The molecule has 0 aromatic carbocycles. The van der Waals surface area contributed by atoms with Crippen LogP contribution in [0, 0.1) is 5.82 Å². The lowest BCUT2D eigenvalue weighted by atomic mass is 10.1. The van der Waals surface area contributed by atoms with Crippen LogP contribution in [0.25, 0.3) is 5.65 Å². The molecule has 3 aromatic heterocycles. The van der Waals surface area contributed by atoms with E-state index in [1.54, 1.807) is 12.4 Å². The highest BCUT2D eigenvalue weighted by atomic mass is 19.1. The number of nitrogens with zero attached hydrogens (tertiary/aromatic N) is 6. The van der Waals surface area contributed by atoms with Gasteiger partial charge in [-0.3, -0.25) is 9.78 Å². The number of halogens is 1. The molecular weight excluding hydrogens is 415 g/mol. The maximum atomic E-state index is 13.4. The molecule has 0 radical (unpaired) electrons. The molecule has 2 saturated heterocycles. The van der Waals surface area contributed by atoms with Gasteiger partial charge in [0.05, 0.1) is 42.2 Å². The van der Waals surface area contributed by atoms with Crippen molar-refractivity contribution in [3.63, 3.8) is 0 Å². The normalized spacial score (nSPS) is 18.1. The van der Waals surface area contributed by atoms with E-state index in [9.17, 15) is 9.18 Å². The highest BCUT2D eigenvalue weighted by molar-refractivity contribution is 6.12. The summed E-state index contributed by atoms with van der Waals surface area (Å²) < 4.78 is 20.8. The number of carbonyl (C=O) groups is 1. The van der Waals surface area contributed by atoms with Crippen LogP contribution in [0.5, 0.6) is 0 Å². The van der Waals surface area contributed by atoms with Crippen molar-refractivity contribution in [2.24, 2.45) is 0 Å². The molecule has 168 valence electrons. The molecule has 0 atom stereocenters. The molecule has 0 bridgehead atoms. The Morgan fingerprint density at radius 2 is 2.03 bits per heavy atom. The molecule has 10 nitrogen and oxygen atoms in total. The van der Waals surface area contributed by atoms with Crippen molar-refractivity contribution in [2.45, 2.75) is 25.0 Å². The summed E-state index contributed by atoms with van der Waals surface area (Å²) in [4.78, 5) is 25.6. The van der Waals surface area contributed by atoms with Gasteiger partial charge in [0, 0.05) is 32.4 Å². The fraction of sp³-hybridized carbons (Fsp3) is 0.429. The fourth-order valence-corrected chi connectivity index (χ4v) is 4.32. The highest BCUT2D eigenvalue weighted by Gasteiger charge is 2.30. The molecule has 2 aliphatic rings. The Bertz CT molecular complexity index is 1140. The standard InChI is InChI=1S/C21H25FN8O2/c1-28-11-15(12-28)32-14-3-6-29(7-4-14)17-2-5-24-9-16(17)26-21(31)18-19(23)27-30-10-13(22)8-25-20(18)30/h2,5,8-10,14-15H,3-4,6-7,11-12H2,1H3,(H2,23,27)(H,26,31). The molecule has 3 aromatic rings. The number of nitrogens with two attached hydrogens (primary N) is 1. The van der Waals surface area contributed by atoms with Crippen molar-refractivity contribution in [3.8, 4) is 0 Å². The Hall–Kier alpha value is -3.31. The van der Waals surface area contributed by atoms with E-state index in [2.05, 4.69) is 37.2 Å². The highest BCUT2D eigenvalue weighted by Crippen LogP contribution is 2.30. The molecule has 0 aliphatic carbocycles. The molecule has 0 spiro atoms. The van der Waals surface area contributed by atoms with E-state index in [1.807, 2.05) is 6.07 Å². The van der Waals surface area contributed by atoms with E-state index in [-0.39, 0.29) is 23.1 Å². The average Bonchev–Trinajstić information content (AvgIpc) is 3.08. The van der Waals surface area contributed by atoms with Crippen molar-refractivity contribution in [3.05, 3.63) is 42.2 Å². The maximum Gasteiger partial charge on any atom is 0.263 e. The summed E-state index contributed by atoms with van der Waals surface area (Å²) in [6.45, 7) is 3.63. The number of piperidine rings is 1. The Labute approximate surface area is 184 Å². The van der Waals surface area contributed by atoms with Crippen molar-refractivity contribution < 1.29 is 13.9 Å². The first-order valence-corrected chi connectivity index (χ1v) is 10.6. The van der Waals surface area contributed by atoms with E-state index in [0.29, 0.717) is 11.8 Å². The summed E-state index contributed by atoms with van der Waals surface area (Å²) in [6, 6.07) is 1.88. The Kier molecular flexibility index (Phi) is 5.35. The zero-order valence-electron chi connectivity index (χ0n) is 17.7. The summed E-state index contributed by atoms with van der Waals surface area (Å²) in [5.41, 5.74) is 7.65. The van der Waals surface area contributed by atoms with Crippen LogP contribution < -0.4 is 16.0 Å². The van der Waals surface area contributed by atoms with E-state index in [1.165, 1.54) is 0 Å². The number of carbonyl (C=O) groups excluding carboxylic acids is 1. The third kappa shape index (κ3) is 3.96. The minimum Gasteiger partial charge on any atom is -0.381 e. The maximum absolute atomic E-state index is 13.4. The molecule has 5 heterocycles. The van der Waals surface area contributed by atoms with Gasteiger partial charge in [0.1, 0.15) is 5.56 Å². The lowest BCUT2D eigenvalue weighted by Gasteiger charge is -2.41. The number of likely N-dealkylation sites (N-methyl/N-ethyl adjacent to an activating group) is 1. The number of hydrogen-bond donors (Lipinski definition) is 2. The monoisotopic (exact) mass is 440 g/mol. The fourth-order valence-electron chi connectivity index (χ4n) is 4.32. The van der Waals surface area contributed by atoms with Crippen LogP contribution >= 0.6 is 0 Å². The molecule has 11 heteroatoms. The molecule has 32 heavy (non-hydrogen) atoms. The number of ether oxygens (including phenoxy) is 1. The second kappa shape index (κ2) is 8.32. The largest absolute Gasteiger partial charge is 0.381 e. The lowest BCUT2D eigenvalue weighted by Crippen LogP contribution is -2.52. The topological polar surface area (TPSA) is 114 Å². The van der Waals surface area contributed by atoms with Gasteiger partial charge in [0.15, 0.2) is 17.3 Å². The molecule has 3 N–H and O–H groups in total. The zero-order valence-corrected chi connectivity index (χ0v) is 17.7. The SMILES string of the molecule is CN1CC(OC2CCN(c3ccncc3NC(=O)c3c(N)nn4cc(F)cnc34)CC2)C1. The number of likely N-dealkylation sites (tertiary alicyclic amines) is 1. The van der Waals surface area contributed by atoms with E-state index in [4.69, 9.17) is 10.5 Å². The molecule has 0 unspecified atom stereocenters. The van der Waals surface area contributed by atoms with Gasteiger partial charge in [-0.1, -0.05) is 0 Å². The number of nitrogens with one attached hydrogen (secondary N) is 1. The number of fused-ring (bicyclic) bond motifs is 1. The molecule has 2 fully saturated rings. The Balaban J connectivity index is 1.29. The minimum absolute atomic E-state index is 0.0226. The van der Waals surface area contributed by atoms with Crippen LogP contribution in [-0.2, 0) is 4.74 Å². The minimum atomic E-state index is -0.571. The van der Waals surface area contributed by atoms with Crippen LogP contribution in [0.4, 0.5) is 21.6 Å². The van der Waals surface area contributed by atoms with Gasteiger partial charge in [0.2, 0.25) is 0 Å². The van der Waals surface area contributed by atoms with Crippen molar-refractivity contribution in [1.29, 1.82) is 0 Å². The smallest absolute Gasteiger partial charge is 0.263 e. The van der Waals surface area contributed by atoms with Gasteiger partial charge in [-0.05, 0) is 26.0 Å². The number of amides is 1. The van der Waals surface area contributed by atoms with Crippen LogP contribution in [0.15, 0.2) is 30.9 Å². The summed E-state index contributed by atoms with van der Waals surface area (Å²) in [7, 11) is 2.09. The van der Waals surface area contributed by atoms with Crippen LogP contribution in [0.2, 0.25) is 0 Å². The Morgan fingerprint density at radius 3 is 2.78 bits per heavy atom. The molecule has 5 rings (SSSR count). The molecule has 1 amide bonds. The van der Waals surface area contributed by atoms with Gasteiger partial charge in [0.25, 0.3) is 5.91 Å². The van der Waals surface area contributed by atoms with Gasteiger partial charge in [-0.15, -0.1) is 5.10 Å². The van der Waals surface area contributed by atoms with Crippen molar-refractivity contribution >= 4 is 28.7 Å². The number of hydrogen-bond acceptors (Lipinski definition) is 8. The van der Waals surface area contributed by atoms with Crippen molar-refractivity contribution in [1.82, 2.24) is 24.5 Å². The number of nitrogen functional groups attached to an aromatic ring is 1. The van der Waals surface area contributed by atoms with Crippen LogP contribution in [-0.4, -0.2) is 75.8 Å². The predicted octanol–water partition coefficient (Wildman–Crippen LogP) is 1.40.